The maximum Gasteiger partial charge on any atom is 0.137 e. The highest BCUT2D eigenvalue weighted by Gasteiger charge is 2.37. The highest BCUT2D eigenvalue weighted by Crippen LogP contribution is 2.55. The van der Waals surface area contributed by atoms with Crippen LogP contribution in [0.15, 0.2) is 42.5 Å². The van der Waals surface area contributed by atoms with Gasteiger partial charge in [0.1, 0.15) is 24.9 Å². The predicted molar refractivity (Wildman–Crippen MR) is 116 cm³/mol. The summed E-state index contributed by atoms with van der Waals surface area (Å²) in [5.41, 5.74) is 5.69. The average molecular weight is 366 g/mol. The number of hydrogen-bond donors (Lipinski definition) is 0. The van der Waals surface area contributed by atoms with Gasteiger partial charge in [0.2, 0.25) is 0 Å². The van der Waals surface area contributed by atoms with Gasteiger partial charge in [0.25, 0.3) is 0 Å². The Bertz CT molecular complexity index is 1190. The molecule has 0 aliphatic carbocycles. The van der Waals surface area contributed by atoms with Crippen LogP contribution in [0.3, 0.4) is 0 Å². The Kier molecular flexibility index (Phi) is 3.39. The molecule has 3 heteroatoms. The lowest BCUT2D eigenvalue weighted by atomic mass is 9.78. The van der Waals surface area contributed by atoms with Crippen molar-refractivity contribution in [2.45, 2.75) is 45.7 Å². The smallest absolute Gasteiger partial charge is 0.137 e. The van der Waals surface area contributed by atoms with Gasteiger partial charge in [-0.15, -0.1) is 0 Å². The first-order chi connectivity index (χ1) is 13.2. The molecule has 0 saturated carbocycles. The van der Waals surface area contributed by atoms with Crippen molar-refractivity contribution in [1.82, 2.24) is 0 Å². The van der Waals surface area contributed by atoms with Crippen molar-refractivity contribution in [2.24, 2.45) is 0 Å². The lowest BCUT2D eigenvalue weighted by molar-refractivity contribution is 0.107. The van der Waals surface area contributed by atoms with E-state index in [1.54, 1.807) is 0 Å². The first-order valence-electron chi connectivity index (χ1n) is 9.74. The molecule has 3 aromatic carbocycles. The maximum absolute atomic E-state index is 6.64. The van der Waals surface area contributed by atoms with Crippen LogP contribution in [-0.2, 0) is 5.60 Å². The molecule has 0 saturated heterocycles. The fraction of sp³-hybridized carbons (Fsp3) is 0.280. The first kappa shape index (κ1) is 17.4. The molecule has 0 N–H and O–H groups in total. The Morgan fingerprint density at radius 2 is 1.54 bits per heavy atom. The molecule has 1 atom stereocenters. The lowest BCUT2D eigenvalue weighted by Crippen LogP contribution is -2.33. The van der Waals surface area contributed by atoms with Gasteiger partial charge in [-0.05, 0) is 46.2 Å². The highest BCUT2D eigenvalue weighted by molar-refractivity contribution is 6.17. The van der Waals surface area contributed by atoms with Crippen LogP contribution in [0, 0.1) is 13.8 Å². The second-order valence-electron chi connectivity index (χ2n) is 8.78. The van der Waals surface area contributed by atoms with Gasteiger partial charge in [-0.25, -0.2) is 0 Å². The molecular formula is C25H23BO2. The number of fused-ring (bicyclic) bond motifs is 8. The molecule has 2 aliphatic rings. The van der Waals surface area contributed by atoms with Crippen molar-refractivity contribution in [3.8, 4) is 22.6 Å². The molecule has 28 heavy (non-hydrogen) atoms. The molecular weight excluding hydrogens is 343 g/mol. The molecule has 0 fully saturated rings. The minimum Gasteiger partial charge on any atom is -0.492 e. The molecule has 0 aromatic heterocycles. The van der Waals surface area contributed by atoms with Crippen molar-refractivity contribution in [3.63, 3.8) is 0 Å². The fourth-order valence-electron chi connectivity index (χ4n) is 4.40. The van der Waals surface area contributed by atoms with Gasteiger partial charge in [-0.2, -0.15) is 0 Å². The number of aryl methyl sites for hydroxylation is 2. The van der Waals surface area contributed by atoms with Crippen LogP contribution in [0.5, 0.6) is 11.5 Å². The molecule has 0 bridgehead atoms. The van der Waals surface area contributed by atoms with Gasteiger partial charge in [0, 0.05) is 27.5 Å². The lowest BCUT2D eigenvalue weighted by Gasteiger charge is -2.39. The molecule has 0 amide bonds. The van der Waals surface area contributed by atoms with Crippen LogP contribution < -0.4 is 9.47 Å². The molecule has 5 rings (SSSR count). The van der Waals surface area contributed by atoms with Gasteiger partial charge >= 0.3 is 0 Å². The van der Waals surface area contributed by atoms with Gasteiger partial charge < -0.3 is 9.47 Å². The van der Waals surface area contributed by atoms with Crippen LogP contribution in [0.1, 0.15) is 43.0 Å². The Hall–Kier alpha value is -2.68. The second-order valence-corrected chi connectivity index (χ2v) is 8.78. The minimum atomic E-state index is -0.831. The summed E-state index contributed by atoms with van der Waals surface area (Å²) in [7, 11) is 6.32. The van der Waals surface area contributed by atoms with E-state index in [9.17, 15) is 0 Å². The van der Waals surface area contributed by atoms with Crippen molar-refractivity contribution < 1.29 is 9.47 Å². The Morgan fingerprint density at radius 1 is 0.821 bits per heavy atom. The molecule has 2 aliphatic heterocycles. The SMILES string of the molecule is [B]C1(C)C=Cc2c3c(c4ccc(C)cc4c2O1)OC(C)(C)c1ccc(C)cc1-3. The molecule has 2 nitrogen and oxygen atoms in total. The molecule has 3 aromatic rings. The summed E-state index contributed by atoms with van der Waals surface area (Å²) < 4.78 is 12.9. The molecule has 138 valence electrons. The zero-order valence-electron chi connectivity index (χ0n) is 17.0. The third-order valence-corrected chi connectivity index (χ3v) is 5.76. The number of hydrogen-bond acceptors (Lipinski definition) is 2. The number of ether oxygens (including phenoxy) is 2. The normalized spacial score (nSPS) is 21.3. The van der Waals surface area contributed by atoms with E-state index in [1.807, 2.05) is 13.0 Å². The summed E-state index contributed by atoms with van der Waals surface area (Å²) in [4.78, 5) is 0. The summed E-state index contributed by atoms with van der Waals surface area (Å²) >= 11 is 0. The van der Waals surface area contributed by atoms with Crippen molar-refractivity contribution >= 4 is 24.7 Å². The van der Waals surface area contributed by atoms with Crippen LogP contribution in [-0.4, -0.2) is 13.3 Å². The largest absolute Gasteiger partial charge is 0.492 e. The van der Waals surface area contributed by atoms with Crippen LogP contribution in [0.4, 0.5) is 0 Å². The predicted octanol–water partition coefficient (Wildman–Crippen LogP) is 6.04. The van der Waals surface area contributed by atoms with E-state index in [2.05, 4.69) is 70.2 Å². The minimum absolute atomic E-state index is 0.413. The van der Waals surface area contributed by atoms with E-state index in [-0.39, 0.29) is 0 Å². The first-order valence-corrected chi connectivity index (χ1v) is 9.74. The van der Waals surface area contributed by atoms with E-state index >= 15 is 0 Å². The van der Waals surface area contributed by atoms with Crippen LogP contribution in [0.25, 0.3) is 28.0 Å². The summed E-state index contributed by atoms with van der Waals surface area (Å²) in [5.74, 6) is 1.76. The zero-order valence-corrected chi connectivity index (χ0v) is 17.0. The van der Waals surface area contributed by atoms with Gasteiger partial charge in [0.15, 0.2) is 0 Å². The van der Waals surface area contributed by atoms with Gasteiger partial charge in [0.05, 0.1) is 5.50 Å². The van der Waals surface area contributed by atoms with E-state index in [1.165, 1.54) is 22.3 Å². The monoisotopic (exact) mass is 366 g/mol. The van der Waals surface area contributed by atoms with Crippen molar-refractivity contribution in [3.05, 3.63) is 64.7 Å². The third-order valence-electron chi connectivity index (χ3n) is 5.76. The molecule has 1 unspecified atom stereocenters. The second kappa shape index (κ2) is 5.44. The zero-order chi connectivity index (χ0) is 19.8. The summed E-state index contributed by atoms with van der Waals surface area (Å²) in [5, 5.41) is 2.10. The average Bonchev–Trinajstić information content (AvgIpc) is 2.60. The Balaban J connectivity index is 1.97. The van der Waals surface area contributed by atoms with Crippen molar-refractivity contribution in [1.29, 1.82) is 0 Å². The highest BCUT2D eigenvalue weighted by atomic mass is 16.5. The standard InChI is InChI=1S/C25H23BO2/c1-14-6-8-16-18(12-14)22-17(10-11-25(5,26)28-22)21-19-13-15(2)7-9-20(19)24(3,4)27-23(16)21/h6-13H,1-5H3. The van der Waals surface area contributed by atoms with Gasteiger partial charge in [-0.3, -0.25) is 0 Å². The fourth-order valence-corrected chi connectivity index (χ4v) is 4.40. The molecule has 2 heterocycles. The Morgan fingerprint density at radius 3 is 2.32 bits per heavy atom. The van der Waals surface area contributed by atoms with Crippen LogP contribution >= 0.6 is 0 Å². The van der Waals surface area contributed by atoms with E-state index < -0.39 is 11.1 Å². The molecule has 2 radical (unpaired) electrons. The third kappa shape index (κ3) is 2.42. The van der Waals surface area contributed by atoms with E-state index in [4.69, 9.17) is 17.3 Å². The quantitative estimate of drug-likeness (QED) is 0.452. The van der Waals surface area contributed by atoms with Gasteiger partial charge in [-0.1, -0.05) is 53.6 Å². The van der Waals surface area contributed by atoms with E-state index in [0.29, 0.717) is 0 Å². The molecule has 0 spiro atoms. The topological polar surface area (TPSA) is 18.5 Å². The number of benzene rings is 3. The maximum atomic E-state index is 6.64. The van der Waals surface area contributed by atoms with Crippen LogP contribution in [0.2, 0.25) is 0 Å². The summed E-state index contributed by atoms with van der Waals surface area (Å²) in [6.45, 7) is 10.4. The summed E-state index contributed by atoms with van der Waals surface area (Å²) in [6, 6.07) is 13.0. The van der Waals surface area contributed by atoms with E-state index in [0.717, 1.165) is 33.4 Å². The summed E-state index contributed by atoms with van der Waals surface area (Å²) in [6.07, 6.45) is 4.01. The number of rotatable bonds is 0. The Labute approximate surface area is 167 Å². The van der Waals surface area contributed by atoms with Crippen molar-refractivity contribution in [2.75, 3.05) is 0 Å².